The SMILES string of the molecule is COCCCS(=O)CCc1nc2ccc(N)cc2[nH]1. The summed E-state index contributed by atoms with van der Waals surface area (Å²) in [7, 11) is 0.843. The molecule has 1 atom stereocenters. The Morgan fingerprint density at radius 3 is 3.05 bits per heavy atom. The van der Waals surface area contributed by atoms with Crippen molar-refractivity contribution in [2.75, 3.05) is 31.0 Å². The number of rotatable bonds is 7. The maximum Gasteiger partial charge on any atom is 0.108 e. The van der Waals surface area contributed by atoms with Crippen molar-refractivity contribution in [3.63, 3.8) is 0 Å². The van der Waals surface area contributed by atoms with Gasteiger partial charge in [0, 0.05) is 48.1 Å². The molecule has 0 saturated heterocycles. The van der Waals surface area contributed by atoms with Crippen LogP contribution in [0.3, 0.4) is 0 Å². The molecule has 2 rings (SSSR count). The molecule has 1 aromatic carbocycles. The zero-order valence-electron chi connectivity index (χ0n) is 11.0. The Bertz CT molecular complexity index is 568. The van der Waals surface area contributed by atoms with E-state index in [0.717, 1.165) is 23.3 Å². The van der Waals surface area contributed by atoms with Crippen LogP contribution in [-0.2, 0) is 22.0 Å². The fraction of sp³-hybridized carbons (Fsp3) is 0.462. The van der Waals surface area contributed by atoms with E-state index in [1.165, 1.54) is 0 Å². The molecule has 104 valence electrons. The summed E-state index contributed by atoms with van der Waals surface area (Å²) < 4.78 is 16.7. The third kappa shape index (κ3) is 4.04. The van der Waals surface area contributed by atoms with E-state index in [1.54, 1.807) is 7.11 Å². The van der Waals surface area contributed by atoms with Crippen molar-refractivity contribution >= 4 is 27.5 Å². The van der Waals surface area contributed by atoms with Gasteiger partial charge in [-0.15, -0.1) is 0 Å². The summed E-state index contributed by atoms with van der Waals surface area (Å²) in [6.07, 6.45) is 1.52. The van der Waals surface area contributed by atoms with Gasteiger partial charge < -0.3 is 15.5 Å². The Morgan fingerprint density at radius 1 is 1.42 bits per heavy atom. The quantitative estimate of drug-likeness (QED) is 0.595. The van der Waals surface area contributed by atoms with Crippen LogP contribution in [0.5, 0.6) is 0 Å². The fourth-order valence-electron chi connectivity index (χ4n) is 1.88. The van der Waals surface area contributed by atoms with Crippen molar-refractivity contribution in [1.29, 1.82) is 0 Å². The average Bonchev–Trinajstić information content (AvgIpc) is 2.78. The second kappa shape index (κ2) is 6.68. The summed E-state index contributed by atoms with van der Waals surface area (Å²) in [6, 6.07) is 5.58. The predicted molar refractivity (Wildman–Crippen MR) is 78.6 cm³/mol. The lowest BCUT2D eigenvalue weighted by molar-refractivity contribution is 0.200. The molecule has 0 spiro atoms. The minimum atomic E-state index is -0.813. The summed E-state index contributed by atoms with van der Waals surface area (Å²) in [5.41, 5.74) is 8.26. The number of aromatic nitrogens is 2. The molecule has 2 aromatic rings. The van der Waals surface area contributed by atoms with Crippen molar-refractivity contribution in [2.45, 2.75) is 12.8 Å². The van der Waals surface area contributed by atoms with Crippen LogP contribution in [0.2, 0.25) is 0 Å². The Kier molecular flexibility index (Phi) is 4.93. The summed E-state index contributed by atoms with van der Waals surface area (Å²) in [5.74, 6) is 2.17. The van der Waals surface area contributed by atoms with Gasteiger partial charge >= 0.3 is 0 Å². The number of aromatic amines is 1. The second-order valence-electron chi connectivity index (χ2n) is 4.40. The average molecular weight is 281 g/mol. The van der Waals surface area contributed by atoms with E-state index in [0.29, 0.717) is 30.2 Å². The van der Waals surface area contributed by atoms with E-state index in [1.807, 2.05) is 18.2 Å². The maximum absolute atomic E-state index is 11.8. The van der Waals surface area contributed by atoms with Gasteiger partial charge in [-0.2, -0.15) is 0 Å². The largest absolute Gasteiger partial charge is 0.399 e. The first kappa shape index (κ1) is 14.0. The van der Waals surface area contributed by atoms with Gasteiger partial charge in [0.15, 0.2) is 0 Å². The van der Waals surface area contributed by atoms with Gasteiger partial charge in [-0.25, -0.2) is 4.98 Å². The molecule has 1 unspecified atom stereocenters. The molecule has 1 heterocycles. The number of nitrogens with zero attached hydrogens (tertiary/aromatic N) is 1. The summed E-state index contributed by atoms with van der Waals surface area (Å²) in [5, 5.41) is 0. The minimum absolute atomic E-state index is 0.624. The number of hydrogen-bond donors (Lipinski definition) is 2. The highest BCUT2D eigenvalue weighted by Crippen LogP contribution is 2.15. The Balaban J connectivity index is 1.89. The Morgan fingerprint density at radius 2 is 2.26 bits per heavy atom. The molecular formula is C13H19N3O2S. The minimum Gasteiger partial charge on any atom is -0.399 e. The van der Waals surface area contributed by atoms with Gasteiger partial charge in [-0.1, -0.05) is 0 Å². The number of benzene rings is 1. The number of nitrogens with one attached hydrogen (secondary N) is 1. The van der Waals surface area contributed by atoms with Gasteiger partial charge in [0.25, 0.3) is 0 Å². The highest BCUT2D eigenvalue weighted by molar-refractivity contribution is 7.84. The molecule has 0 bridgehead atoms. The number of methoxy groups -OCH3 is 1. The monoisotopic (exact) mass is 281 g/mol. The van der Waals surface area contributed by atoms with Crippen LogP contribution in [0.1, 0.15) is 12.2 Å². The lowest BCUT2D eigenvalue weighted by Crippen LogP contribution is -2.08. The third-order valence-electron chi connectivity index (χ3n) is 2.84. The molecule has 0 aliphatic carbocycles. The maximum atomic E-state index is 11.8. The van der Waals surface area contributed by atoms with Gasteiger partial charge in [-0.05, 0) is 24.6 Å². The molecule has 6 heteroatoms. The van der Waals surface area contributed by atoms with Gasteiger partial charge in [0.1, 0.15) is 5.82 Å². The van der Waals surface area contributed by atoms with Crippen molar-refractivity contribution in [2.24, 2.45) is 0 Å². The van der Waals surface area contributed by atoms with Gasteiger partial charge in [0.05, 0.1) is 11.0 Å². The number of anilines is 1. The zero-order valence-corrected chi connectivity index (χ0v) is 11.8. The van der Waals surface area contributed by atoms with Crippen molar-refractivity contribution < 1.29 is 8.95 Å². The smallest absolute Gasteiger partial charge is 0.108 e. The van der Waals surface area contributed by atoms with Crippen molar-refractivity contribution in [1.82, 2.24) is 9.97 Å². The van der Waals surface area contributed by atoms with E-state index in [9.17, 15) is 4.21 Å². The first-order valence-electron chi connectivity index (χ1n) is 6.27. The molecule has 0 fully saturated rings. The molecule has 0 saturated carbocycles. The number of ether oxygens (including phenoxy) is 1. The van der Waals surface area contributed by atoms with Crippen LogP contribution in [0.25, 0.3) is 11.0 Å². The van der Waals surface area contributed by atoms with Gasteiger partial charge in [0.2, 0.25) is 0 Å². The van der Waals surface area contributed by atoms with E-state index in [2.05, 4.69) is 9.97 Å². The highest BCUT2D eigenvalue weighted by atomic mass is 32.2. The standard InChI is InChI=1S/C13H19N3O2S/c1-18-6-2-7-19(17)8-5-13-15-11-4-3-10(14)9-12(11)16-13/h3-4,9H,2,5-8,14H2,1H3,(H,15,16). The second-order valence-corrected chi connectivity index (χ2v) is 6.10. The van der Waals surface area contributed by atoms with Gasteiger partial charge in [-0.3, -0.25) is 4.21 Å². The Labute approximate surface area is 115 Å². The first-order chi connectivity index (χ1) is 9.19. The van der Waals surface area contributed by atoms with Crippen LogP contribution >= 0.6 is 0 Å². The molecule has 0 aliphatic heterocycles. The van der Waals surface area contributed by atoms with Crippen molar-refractivity contribution in [3.8, 4) is 0 Å². The van der Waals surface area contributed by atoms with E-state index in [4.69, 9.17) is 10.5 Å². The van der Waals surface area contributed by atoms with E-state index < -0.39 is 10.8 Å². The Hall–Kier alpha value is -1.40. The molecular weight excluding hydrogens is 262 g/mol. The number of hydrogen-bond acceptors (Lipinski definition) is 4. The molecule has 5 nitrogen and oxygen atoms in total. The zero-order chi connectivity index (χ0) is 13.7. The van der Waals surface area contributed by atoms with E-state index in [-0.39, 0.29) is 0 Å². The molecule has 0 aliphatic rings. The topological polar surface area (TPSA) is 81.0 Å². The van der Waals surface area contributed by atoms with Crippen LogP contribution in [-0.4, -0.2) is 39.4 Å². The lowest BCUT2D eigenvalue weighted by atomic mass is 10.3. The highest BCUT2D eigenvalue weighted by Gasteiger charge is 2.05. The molecule has 0 amide bonds. The van der Waals surface area contributed by atoms with Crippen LogP contribution in [0.15, 0.2) is 18.2 Å². The van der Waals surface area contributed by atoms with Crippen LogP contribution < -0.4 is 5.73 Å². The van der Waals surface area contributed by atoms with Crippen molar-refractivity contribution in [3.05, 3.63) is 24.0 Å². The molecule has 19 heavy (non-hydrogen) atoms. The summed E-state index contributed by atoms with van der Waals surface area (Å²) in [6.45, 7) is 0.662. The van der Waals surface area contributed by atoms with Crippen LogP contribution in [0.4, 0.5) is 5.69 Å². The number of imidazole rings is 1. The molecule has 0 radical (unpaired) electrons. The molecule has 3 N–H and O–H groups in total. The number of aryl methyl sites for hydroxylation is 1. The third-order valence-corrected chi connectivity index (χ3v) is 4.25. The molecule has 1 aromatic heterocycles. The summed E-state index contributed by atoms with van der Waals surface area (Å²) in [4.78, 5) is 7.66. The number of H-pyrrole nitrogens is 1. The lowest BCUT2D eigenvalue weighted by Gasteiger charge is -2.00. The number of nitrogens with two attached hydrogens (primary N) is 1. The number of fused-ring (bicyclic) bond motifs is 1. The predicted octanol–water partition coefficient (Wildman–Crippen LogP) is 1.47. The number of nitrogen functional groups attached to an aromatic ring is 1. The van der Waals surface area contributed by atoms with Crippen LogP contribution in [0, 0.1) is 0 Å². The van der Waals surface area contributed by atoms with E-state index >= 15 is 0 Å². The summed E-state index contributed by atoms with van der Waals surface area (Å²) >= 11 is 0. The normalized spacial score (nSPS) is 12.9. The first-order valence-corrected chi connectivity index (χ1v) is 7.76. The fourth-order valence-corrected chi connectivity index (χ4v) is 2.94.